The number of nitrogens with two attached hydrogens (primary N) is 1. The number of aromatic nitrogens is 4. The summed E-state index contributed by atoms with van der Waals surface area (Å²) in [4.78, 5) is 8.41. The molecule has 0 saturated carbocycles. The van der Waals surface area contributed by atoms with Crippen LogP contribution in [0.1, 0.15) is 0 Å². The Hall–Kier alpha value is -2.21. The molecule has 2 aromatic heterocycles. The van der Waals surface area contributed by atoms with E-state index in [-0.39, 0.29) is 0 Å². The van der Waals surface area contributed by atoms with E-state index in [1.165, 1.54) is 11.3 Å². The van der Waals surface area contributed by atoms with Gasteiger partial charge in [0.25, 0.3) is 0 Å². The first kappa shape index (κ1) is 9.98. The molecule has 2 N–H and O–H groups in total. The van der Waals surface area contributed by atoms with Crippen molar-refractivity contribution in [1.82, 2.24) is 19.7 Å². The van der Waals surface area contributed by atoms with Crippen molar-refractivity contribution in [2.24, 2.45) is 0 Å². The highest BCUT2D eigenvalue weighted by molar-refractivity contribution is 7.12. The number of rotatable bonds is 2. The topological polar surface area (TPSA) is 69.6 Å². The Morgan fingerprint density at radius 2 is 2.18 bits per heavy atom. The van der Waals surface area contributed by atoms with Gasteiger partial charge in [-0.25, -0.2) is 9.97 Å². The van der Waals surface area contributed by atoms with Crippen LogP contribution in [0.5, 0.6) is 0 Å². The quantitative estimate of drug-likeness (QED) is 0.699. The second-order valence-electron chi connectivity index (χ2n) is 3.45. The molecule has 1 aromatic carbocycles. The molecule has 0 spiro atoms. The van der Waals surface area contributed by atoms with Gasteiger partial charge in [-0.15, -0.1) is 16.4 Å². The third-order valence-corrected chi connectivity index (χ3v) is 3.01. The SMILES string of the molecule is Nc1cccc(-c2ncn(-c3nccs3)n2)c1. The van der Waals surface area contributed by atoms with Crippen LogP contribution in [-0.4, -0.2) is 19.7 Å². The van der Waals surface area contributed by atoms with Crippen molar-refractivity contribution in [1.29, 1.82) is 0 Å². The number of anilines is 1. The van der Waals surface area contributed by atoms with Crippen LogP contribution in [0.2, 0.25) is 0 Å². The Morgan fingerprint density at radius 1 is 1.24 bits per heavy atom. The van der Waals surface area contributed by atoms with E-state index in [9.17, 15) is 0 Å². The van der Waals surface area contributed by atoms with Gasteiger partial charge in [-0.1, -0.05) is 12.1 Å². The number of benzene rings is 1. The molecule has 0 amide bonds. The fourth-order valence-corrected chi connectivity index (χ4v) is 2.06. The molecule has 0 fully saturated rings. The zero-order valence-electron chi connectivity index (χ0n) is 8.82. The van der Waals surface area contributed by atoms with E-state index in [0.29, 0.717) is 11.5 Å². The molecular weight excluding hydrogens is 234 g/mol. The molecule has 6 heteroatoms. The molecule has 17 heavy (non-hydrogen) atoms. The molecule has 0 radical (unpaired) electrons. The van der Waals surface area contributed by atoms with Crippen molar-refractivity contribution < 1.29 is 0 Å². The third kappa shape index (κ3) is 1.90. The molecule has 0 aliphatic heterocycles. The van der Waals surface area contributed by atoms with Crippen LogP contribution < -0.4 is 5.73 Å². The Kier molecular flexibility index (Phi) is 2.34. The highest BCUT2D eigenvalue weighted by Gasteiger charge is 2.06. The Morgan fingerprint density at radius 3 is 2.94 bits per heavy atom. The summed E-state index contributed by atoms with van der Waals surface area (Å²) in [5.74, 6) is 0.646. The summed E-state index contributed by atoms with van der Waals surface area (Å²) < 4.78 is 1.66. The lowest BCUT2D eigenvalue weighted by Crippen LogP contribution is -1.93. The molecular formula is C11H9N5S. The first-order valence-electron chi connectivity index (χ1n) is 5.00. The summed E-state index contributed by atoms with van der Waals surface area (Å²) in [7, 11) is 0. The number of nitrogens with zero attached hydrogens (tertiary/aromatic N) is 4. The number of thiazole rings is 1. The smallest absolute Gasteiger partial charge is 0.211 e. The van der Waals surface area contributed by atoms with Gasteiger partial charge in [0.1, 0.15) is 6.33 Å². The summed E-state index contributed by atoms with van der Waals surface area (Å²) in [6.45, 7) is 0. The summed E-state index contributed by atoms with van der Waals surface area (Å²) in [6, 6.07) is 7.50. The van der Waals surface area contributed by atoms with Gasteiger partial charge in [-0.2, -0.15) is 4.68 Å². The molecule has 0 aliphatic carbocycles. The minimum absolute atomic E-state index is 0.646. The minimum atomic E-state index is 0.646. The van der Waals surface area contributed by atoms with Crippen LogP contribution in [0.15, 0.2) is 42.2 Å². The van der Waals surface area contributed by atoms with E-state index >= 15 is 0 Å². The number of hydrogen-bond acceptors (Lipinski definition) is 5. The molecule has 0 aliphatic rings. The average Bonchev–Trinajstić information content (AvgIpc) is 3.00. The van der Waals surface area contributed by atoms with E-state index in [1.807, 2.05) is 29.6 Å². The van der Waals surface area contributed by atoms with E-state index in [2.05, 4.69) is 15.1 Å². The fraction of sp³-hybridized carbons (Fsp3) is 0. The van der Waals surface area contributed by atoms with Crippen molar-refractivity contribution in [3.05, 3.63) is 42.2 Å². The molecule has 3 aromatic rings. The highest BCUT2D eigenvalue weighted by atomic mass is 32.1. The van der Waals surface area contributed by atoms with Crippen molar-refractivity contribution in [3.8, 4) is 16.5 Å². The lowest BCUT2D eigenvalue weighted by Gasteiger charge is -1.96. The lowest BCUT2D eigenvalue weighted by atomic mass is 10.2. The van der Waals surface area contributed by atoms with Crippen LogP contribution >= 0.6 is 11.3 Å². The maximum Gasteiger partial charge on any atom is 0.211 e. The molecule has 0 saturated heterocycles. The first-order chi connectivity index (χ1) is 8.33. The third-order valence-electron chi connectivity index (χ3n) is 2.25. The lowest BCUT2D eigenvalue weighted by molar-refractivity contribution is 0.871. The van der Waals surface area contributed by atoms with Gasteiger partial charge in [0.2, 0.25) is 5.13 Å². The molecule has 84 valence electrons. The zero-order chi connectivity index (χ0) is 11.7. The maximum absolute atomic E-state index is 5.72. The summed E-state index contributed by atoms with van der Waals surface area (Å²) in [5, 5.41) is 7.06. The second-order valence-corrected chi connectivity index (χ2v) is 4.33. The molecule has 3 rings (SSSR count). The molecule has 2 heterocycles. The van der Waals surface area contributed by atoms with E-state index in [1.54, 1.807) is 17.2 Å². The maximum atomic E-state index is 5.72. The summed E-state index contributed by atoms with van der Waals surface area (Å²) in [6.07, 6.45) is 3.39. The zero-order valence-corrected chi connectivity index (χ0v) is 9.63. The average molecular weight is 243 g/mol. The normalized spacial score (nSPS) is 10.6. The largest absolute Gasteiger partial charge is 0.399 e. The monoisotopic (exact) mass is 243 g/mol. The Labute approximate surface area is 102 Å². The highest BCUT2D eigenvalue weighted by Crippen LogP contribution is 2.18. The molecule has 5 nitrogen and oxygen atoms in total. The fourth-order valence-electron chi connectivity index (χ4n) is 1.49. The number of nitrogen functional groups attached to an aromatic ring is 1. The van der Waals surface area contributed by atoms with Crippen LogP contribution in [-0.2, 0) is 0 Å². The van der Waals surface area contributed by atoms with E-state index in [0.717, 1.165) is 10.7 Å². The van der Waals surface area contributed by atoms with Gasteiger partial charge in [-0.05, 0) is 12.1 Å². The van der Waals surface area contributed by atoms with Crippen molar-refractivity contribution in [2.45, 2.75) is 0 Å². The van der Waals surface area contributed by atoms with Gasteiger partial charge in [-0.3, -0.25) is 0 Å². The minimum Gasteiger partial charge on any atom is -0.399 e. The van der Waals surface area contributed by atoms with Gasteiger partial charge < -0.3 is 5.73 Å². The predicted molar refractivity (Wildman–Crippen MR) is 66.9 cm³/mol. The van der Waals surface area contributed by atoms with Gasteiger partial charge >= 0.3 is 0 Å². The predicted octanol–water partition coefficient (Wildman–Crippen LogP) is 1.97. The summed E-state index contributed by atoms with van der Waals surface area (Å²) >= 11 is 1.51. The van der Waals surface area contributed by atoms with Crippen molar-refractivity contribution >= 4 is 17.0 Å². The number of hydrogen-bond donors (Lipinski definition) is 1. The first-order valence-corrected chi connectivity index (χ1v) is 5.88. The second kappa shape index (κ2) is 3.99. The molecule has 0 atom stereocenters. The van der Waals surface area contributed by atoms with Gasteiger partial charge in [0.05, 0.1) is 0 Å². The van der Waals surface area contributed by atoms with Crippen LogP contribution in [0.4, 0.5) is 5.69 Å². The van der Waals surface area contributed by atoms with E-state index < -0.39 is 0 Å². The molecule has 0 unspecified atom stereocenters. The van der Waals surface area contributed by atoms with Crippen molar-refractivity contribution in [3.63, 3.8) is 0 Å². The summed E-state index contributed by atoms with van der Waals surface area (Å²) in [5.41, 5.74) is 7.33. The molecule has 0 bridgehead atoms. The standard InChI is InChI=1S/C11H9N5S/c12-9-3-1-2-8(6-9)10-14-7-16(15-10)11-13-4-5-17-11/h1-7H,12H2. The van der Waals surface area contributed by atoms with Gasteiger partial charge in [0.15, 0.2) is 5.82 Å². The Bertz CT molecular complexity index is 629. The van der Waals surface area contributed by atoms with Crippen LogP contribution in [0, 0.1) is 0 Å². The van der Waals surface area contributed by atoms with E-state index in [4.69, 9.17) is 5.73 Å². The van der Waals surface area contributed by atoms with Crippen LogP contribution in [0.25, 0.3) is 16.5 Å². The van der Waals surface area contributed by atoms with Crippen LogP contribution in [0.3, 0.4) is 0 Å². The Balaban J connectivity index is 2.01. The van der Waals surface area contributed by atoms with Gasteiger partial charge in [0, 0.05) is 22.8 Å². The van der Waals surface area contributed by atoms with Crippen molar-refractivity contribution in [2.75, 3.05) is 5.73 Å².